The minimum Gasteiger partial charge on any atom is -0.493 e. The third-order valence-corrected chi connectivity index (χ3v) is 5.77. The summed E-state index contributed by atoms with van der Waals surface area (Å²) in [5.74, 6) is 1.12. The smallest absolute Gasteiger partial charge is 0.240 e. The Balaban J connectivity index is 1.81. The molecule has 0 aromatic heterocycles. The molecule has 2 atom stereocenters. The molecule has 116 valence electrons. The minimum absolute atomic E-state index is 0.00327. The maximum absolute atomic E-state index is 12.6. The van der Waals surface area contributed by atoms with Gasteiger partial charge in [0, 0.05) is 6.04 Å². The molecule has 1 aromatic carbocycles. The lowest BCUT2D eigenvalue weighted by Gasteiger charge is -2.30. The maximum atomic E-state index is 12.6. The van der Waals surface area contributed by atoms with Crippen molar-refractivity contribution in [3.8, 4) is 5.75 Å². The van der Waals surface area contributed by atoms with Gasteiger partial charge in [0.05, 0.1) is 11.5 Å². The average Bonchev–Trinajstić information content (AvgIpc) is 2.49. The number of rotatable bonds is 3. The van der Waals surface area contributed by atoms with Crippen LogP contribution in [0.5, 0.6) is 5.75 Å². The molecule has 21 heavy (non-hydrogen) atoms. The van der Waals surface area contributed by atoms with Gasteiger partial charge in [-0.15, -0.1) is 0 Å². The molecule has 2 N–H and O–H groups in total. The first kappa shape index (κ1) is 14.8. The lowest BCUT2D eigenvalue weighted by Crippen LogP contribution is -2.48. The van der Waals surface area contributed by atoms with Crippen LogP contribution in [-0.2, 0) is 16.4 Å². The second-order valence-corrected chi connectivity index (χ2v) is 7.63. The Hall–Kier alpha value is -1.11. The highest BCUT2D eigenvalue weighted by Gasteiger charge is 2.27. The molecule has 2 aliphatic rings. The predicted octanol–water partition coefficient (Wildman–Crippen LogP) is 1.29. The summed E-state index contributed by atoms with van der Waals surface area (Å²) >= 11 is 0. The van der Waals surface area contributed by atoms with Crippen molar-refractivity contribution in [1.82, 2.24) is 10.0 Å². The fourth-order valence-corrected chi connectivity index (χ4v) is 4.39. The van der Waals surface area contributed by atoms with E-state index in [1.54, 1.807) is 18.2 Å². The molecule has 5 nitrogen and oxygen atoms in total. The summed E-state index contributed by atoms with van der Waals surface area (Å²) in [6, 6.07) is 5.17. The van der Waals surface area contributed by atoms with E-state index in [-0.39, 0.29) is 6.04 Å². The number of aryl methyl sites for hydroxylation is 1. The zero-order valence-corrected chi connectivity index (χ0v) is 13.1. The lowest BCUT2D eigenvalue weighted by atomic mass is 9.97. The third-order valence-electron chi connectivity index (χ3n) is 4.28. The second kappa shape index (κ2) is 5.94. The van der Waals surface area contributed by atoms with Gasteiger partial charge in [0.15, 0.2) is 0 Å². The van der Waals surface area contributed by atoms with Crippen LogP contribution >= 0.6 is 0 Å². The number of ether oxygens (including phenoxy) is 1. The van der Waals surface area contributed by atoms with Crippen LogP contribution in [-0.4, -0.2) is 34.2 Å². The van der Waals surface area contributed by atoms with Crippen LogP contribution in [0.2, 0.25) is 0 Å². The van der Waals surface area contributed by atoms with Gasteiger partial charge in [-0.25, -0.2) is 13.1 Å². The number of hydrogen-bond acceptors (Lipinski definition) is 4. The van der Waals surface area contributed by atoms with Crippen LogP contribution in [0.1, 0.15) is 25.3 Å². The van der Waals surface area contributed by atoms with Crippen molar-refractivity contribution in [2.45, 2.75) is 37.1 Å². The molecule has 3 rings (SSSR count). The van der Waals surface area contributed by atoms with Crippen molar-refractivity contribution in [2.75, 3.05) is 19.7 Å². The van der Waals surface area contributed by atoms with Crippen molar-refractivity contribution < 1.29 is 13.2 Å². The largest absolute Gasteiger partial charge is 0.493 e. The summed E-state index contributed by atoms with van der Waals surface area (Å²) in [4.78, 5) is 0.345. The Bertz CT molecular complexity index is 615. The third kappa shape index (κ3) is 3.22. The van der Waals surface area contributed by atoms with E-state index in [0.29, 0.717) is 17.4 Å². The predicted molar refractivity (Wildman–Crippen MR) is 81.0 cm³/mol. The molecule has 1 saturated heterocycles. The minimum atomic E-state index is -3.46. The second-order valence-electron chi connectivity index (χ2n) is 5.92. The van der Waals surface area contributed by atoms with Gasteiger partial charge in [-0.05, 0) is 62.0 Å². The number of sulfonamides is 1. The van der Waals surface area contributed by atoms with E-state index < -0.39 is 10.0 Å². The van der Waals surface area contributed by atoms with Gasteiger partial charge in [-0.1, -0.05) is 6.92 Å². The lowest BCUT2D eigenvalue weighted by molar-refractivity contribution is 0.288. The van der Waals surface area contributed by atoms with Gasteiger partial charge in [0.25, 0.3) is 0 Å². The summed E-state index contributed by atoms with van der Waals surface area (Å²) in [5, 5.41) is 3.28. The summed E-state index contributed by atoms with van der Waals surface area (Å²) in [7, 11) is -3.46. The summed E-state index contributed by atoms with van der Waals surface area (Å²) in [5.41, 5.74) is 0.988. The van der Waals surface area contributed by atoms with Crippen LogP contribution in [0.3, 0.4) is 0 Å². The number of piperidine rings is 1. The molecular formula is C15H22N2O3S. The molecule has 0 spiro atoms. The molecule has 2 heterocycles. The van der Waals surface area contributed by atoms with Crippen molar-refractivity contribution in [2.24, 2.45) is 5.92 Å². The summed E-state index contributed by atoms with van der Waals surface area (Å²) in [6.07, 6.45) is 2.64. The van der Waals surface area contributed by atoms with Crippen molar-refractivity contribution >= 4 is 10.0 Å². The molecule has 2 aliphatic heterocycles. The molecule has 6 heteroatoms. The number of hydrogen-bond donors (Lipinski definition) is 2. The van der Waals surface area contributed by atoms with Crippen molar-refractivity contribution in [3.05, 3.63) is 23.8 Å². The quantitative estimate of drug-likeness (QED) is 0.883. The van der Waals surface area contributed by atoms with Gasteiger partial charge in [-0.3, -0.25) is 0 Å². The zero-order valence-electron chi connectivity index (χ0n) is 12.3. The van der Waals surface area contributed by atoms with Crippen LogP contribution in [0.25, 0.3) is 0 Å². The maximum Gasteiger partial charge on any atom is 0.240 e. The number of fused-ring (bicyclic) bond motifs is 1. The van der Waals surface area contributed by atoms with Crippen LogP contribution < -0.4 is 14.8 Å². The summed E-state index contributed by atoms with van der Waals surface area (Å²) in [6.45, 7) is 4.49. The highest BCUT2D eigenvalue weighted by molar-refractivity contribution is 7.89. The average molecular weight is 310 g/mol. The number of benzene rings is 1. The summed E-state index contributed by atoms with van der Waals surface area (Å²) < 4.78 is 33.5. The Morgan fingerprint density at radius 3 is 3.05 bits per heavy atom. The molecule has 1 fully saturated rings. The molecular weight excluding hydrogens is 288 g/mol. The normalized spacial score (nSPS) is 26.0. The van der Waals surface area contributed by atoms with Crippen molar-refractivity contribution in [1.29, 1.82) is 0 Å². The van der Waals surface area contributed by atoms with Crippen molar-refractivity contribution in [3.63, 3.8) is 0 Å². The van der Waals surface area contributed by atoms with E-state index >= 15 is 0 Å². The van der Waals surface area contributed by atoms with E-state index in [1.165, 1.54) is 0 Å². The first-order chi connectivity index (χ1) is 10.1. The van der Waals surface area contributed by atoms with E-state index in [2.05, 4.69) is 17.0 Å². The highest BCUT2D eigenvalue weighted by atomic mass is 32.2. The SMILES string of the molecule is CC1CNCCC1NS(=O)(=O)c1ccc2c(c1)CCCO2. The van der Waals surface area contributed by atoms with Gasteiger partial charge in [0.1, 0.15) is 5.75 Å². The molecule has 0 bridgehead atoms. The van der Waals surface area contributed by atoms with Crippen LogP contribution in [0.4, 0.5) is 0 Å². The Morgan fingerprint density at radius 1 is 1.38 bits per heavy atom. The van der Waals surface area contributed by atoms with Gasteiger partial charge in [0.2, 0.25) is 10.0 Å². The standard InChI is InChI=1S/C15H22N2O3S/c1-11-10-16-7-6-14(11)17-21(18,19)13-4-5-15-12(9-13)3-2-8-20-15/h4-5,9,11,14,16-17H,2-3,6-8,10H2,1H3. The van der Waals surface area contributed by atoms with Gasteiger partial charge < -0.3 is 10.1 Å². The molecule has 0 aliphatic carbocycles. The fraction of sp³-hybridized carbons (Fsp3) is 0.600. The molecule has 1 aromatic rings. The van der Waals surface area contributed by atoms with E-state index in [1.807, 2.05) is 0 Å². The van der Waals surface area contributed by atoms with Crippen LogP contribution in [0.15, 0.2) is 23.1 Å². The molecule has 0 radical (unpaired) electrons. The Kier molecular flexibility index (Phi) is 4.19. The monoisotopic (exact) mass is 310 g/mol. The van der Waals surface area contributed by atoms with Crippen LogP contribution in [0, 0.1) is 5.92 Å². The first-order valence-corrected chi connectivity index (χ1v) is 9.03. The van der Waals surface area contributed by atoms with Gasteiger partial charge >= 0.3 is 0 Å². The molecule has 0 amide bonds. The zero-order chi connectivity index (χ0) is 14.9. The van der Waals surface area contributed by atoms with E-state index in [9.17, 15) is 8.42 Å². The Labute approximate surface area is 126 Å². The topological polar surface area (TPSA) is 67.4 Å². The Morgan fingerprint density at radius 2 is 2.24 bits per heavy atom. The van der Waals surface area contributed by atoms with E-state index in [4.69, 9.17) is 4.74 Å². The highest BCUT2D eigenvalue weighted by Crippen LogP contribution is 2.27. The number of nitrogens with one attached hydrogen (secondary N) is 2. The van der Waals surface area contributed by atoms with E-state index in [0.717, 1.165) is 43.7 Å². The fourth-order valence-electron chi connectivity index (χ4n) is 2.96. The first-order valence-electron chi connectivity index (χ1n) is 7.55. The molecule has 2 unspecified atom stereocenters. The van der Waals surface area contributed by atoms with Gasteiger partial charge in [-0.2, -0.15) is 0 Å². The molecule has 0 saturated carbocycles.